The SMILES string of the molecule is CC.CC.CCC(c1ccn[nH]1)C(COC1CCC(c2c(F)ccc(C)c2F)CC1)N(C)C(C)=O. The van der Waals surface area contributed by atoms with Crippen LogP contribution in [-0.2, 0) is 9.53 Å². The smallest absolute Gasteiger partial charge is 0.219 e. The van der Waals surface area contributed by atoms with Crippen LogP contribution in [0.15, 0.2) is 24.4 Å². The summed E-state index contributed by atoms with van der Waals surface area (Å²) in [5, 5.41) is 7.08. The van der Waals surface area contributed by atoms with Crippen molar-refractivity contribution < 1.29 is 18.3 Å². The van der Waals surface area contributed by atoms with Gasteiger partial charge in [-0.2, -0.15) is 5.10 Å². The van der Waals surface area contributed by atoms with E-state index in [2.05, 4.69) is 17.1 Å². The Labute approximate surface area is 210 Å². The zero-order chi connectivity index (χ0) is 26.5. The lowest BCUT2D eigenvalue weighted by molar-refractivity contribution is -0.132. The molecule has 1 heterocycles. The molecule has 198 valence electrons. The fourth-order valence-corrected chi connectivity index (χ4v) is 4.71. The highest BCUT2D eigenvalue weighted by Crippen LogP contribution is 2.37. The number of benzene rings is 1. The van der Waals surface area contributed by atoms with Crippen molar-refractivity contribution in [1.29, 1.82) is 0 Å². The van der Waals surface area contributed by atoms with Crippen molar-refractivity contribution in [1.82, 2.24) is 15.1 Å². The van der Waals surface area contributed by atoms with Crippen LogP contribution in [0.4, 0.5) is 8.78 Å². The van der Waals surface area contributed by atoms with Crippen molar-refractivity contribution in [3.63, 3.8) is 0 Å². The van der Waals surface area contributed by atoms with Gasteiger partial charge in [0.15, 0.2) is 0 Å². The Morgan fingerprint density at radius 2 is 1.77 bits per heavy atom. The van der Waals surface area contributed by atoms with Gasteiger partial charge in [0, 0.05) is 37.3 Å². The molecule has 1 saturated carbocycles. The van der Waals surface area contributed by atoms with Crippen LogP contribution in [0.5, 0.6) is 0 Å². The second kappa shape index (κ2) is 15.7. The molecule has 0 radical (unpaired) electrons. The normalized spacial score (nSPS) is 18.9. The maximum Gasteiger partial charge on any atom is 0.219 e. The third kappa shape index (κ3) is 8.13. The van der Waals surface area contributed by atoms with E-state index in [1.165, 1.54) is 12.1 Å². The number of halogens is 2. The molecule has 2 aromatic rings. The van der Waals surface area contributed by atoms with Crippen LogP contribution in [0.2, 0.25) is 0 Å². The van der Waals surface area contributed by atoms with Gasteiger partial charge in [0.25, 0.3) is 0 Å². The van der Waals surface area contributed by atoms with E-state index in [-0.39, 0.29) is 35.5 Å². The first kappa shape index (κ1) is 30.8. The van der Waals surface area contributed by atoms with Gasteiger partial charge in [-0.3, -0.25) is 9.89 Å². The Hall–Kier alpha value is -2.28. The minimum Gasteiger partial charge on any atom is -0.376 e. The molecule has 2 unspecified atom stereocenters. The van der Waals surface area contributed by atoms with Crippen molar-refractivity contribution in [3.8, 4) is 0 Å². The van der Waals surface area contributed by atoms with Gasteiger partial charge in [0.1, 0.15) is 11.6 Å². The number of likely N-dealkylation sites (N-methyl/N-ethyl adjacent to an activating group) is 1. The van der Waals surface area contributed by atoms with Gasteiger partial charge in [-0.05, 0) is 62.6 Å². The first-order chi connectivity index (χ1) is 16.8. The number of nitrogens with one attached hydrogen (secondary N) is 1. The van der Waals surface area contributed by atoms with Gasteiger partial charge in [-0.15, -0.1) is 0 Å². The largest absolute Gasteiger partial charge is 0.376 e. The number of carbonyl (C=O) groups is 1. The number of carbonyl (C=O) groups excluding carboxylic acids is 1. The molecule has 7 heteroatoms. The molecule has 0 bridgehead atoms. The standard InChI is InChI=1S/C24H33F2N3O2.2C2H6/c1-5-19(21-12-13-27-28-21)22(29(4)16(3)30)14-31-18-9-7-17(8-10-18)23-20(25)11-6-15(2)24(23)26;2*1-2/h6,11-13,17-19,22H,5,7-10,14H2,1-4H3,(H,27,28);2*1-2H3. The number of hydrogen-bond acceptors (Lipinski definition) is 3. The second-order valence-corrected chi connectivity index (χ2v) is 8.62. The summed E-state index contributed by atoms with van der Waals surface area (Å²) in [4.78, 5) is 13.8. The molecule has 1 aromatic carbocycles. The quantitative estimate of drug-likeness (QED) is 0.425. The van der Waals surface area contributed by atoms with Crippen LogP contribution in [0.3, 0.4) is 0 Å². The predicted octanol–water partition coefficient (Wildman–Crippen LogP) is 7.13. The molecule has 1 amide bonds. The predicted molar refractivity (Wildman–Crippen MR) is 139 cm³/mol. The third-order valence-corrected chi connectivity index (χ3v) is 6.72. The summed E-state index contributed by atoms with van der Waals surface area (Å²) < 4.78 is 35.0. The zero-order valence-electron chi connectivity index (χ0n) is 22.8. The van der Waals surface area contributed by atoms with E-state index in [0.717, 1.165) is 25.0 Å². The maximum atomic E-state index is 14.5. The van der Waals surface area contributed by atoms with E-state index in [4.69, 9.17) is 4.74 Å². The van der Waals surface area contributed by atoms with Crippen LogP contribution in [0.1, 0.15) is 102 Å². The zero-order valence-corrected chi connectivity index (χ0v) is 22.8. The molecule has 5 nitrogen and oxygen atoms in total. The van der Waals surface area contributed by atoms with Crippen LogP contribution < -0.4 is 0 Å². The molecule has 1 fully saturated rings. The first-order valence-electron chi connectivity index (χ1n) is 13.1. The summed E-state index contributed by atoms with van der Waals surface area (Å²) in [5.74, 6) is -0.924. The van der Waals surface area contributed by atoms with Gasteiger partial charge >= 0.3 is 0 Å². The molecule has 1 N–H and O–H groups in total. The number of amides is 1. The number of rotatable bonds is 8. The van der Waals surface area contributed by atoms with E-state index in [9.17, 15) is 13.6 Å². The summed E-state index contributed by atoms with van der Waals surface area (Å²) >= 11 is 0. The number of hydrogen-bond donors (Lipinski definition) is 1. The minimum absolute atomic E-state index is 0.0133. The van der Waals surface area contributed by atoms with Crippen molar-refractivity contribution in [2.24, 2.45) is 0 Å². The number of ether oxygens (including phenoxy) is 1. The maximum absolute atomic E-state index is 14.5. The molecule has 35 heavy (non-hydrogen) atoms. The first-order valence-corrected chi connectivity index (χ1v) is 13.1. The second-order valence-electron chi connectivity index (χ2n) is 8.62. The van der Waals surface area contributed by atoms with E-state index < -0.39 is 11.6 Å². The molecule has 0 saturated heterocycles. The average molecular weight is 494 g/mol. The summed E-state index contributed by atoms with van der Waals surface area (Å²) in [5.41, 5.74) is 1.69. The fourth-order valence-electron chi connectivity index (χ4n) is 4.71. The Bertz CT molecular complexity index is 865. The lowest BCUT2D eigenvalue weighted by Gasteiger charge is -2.36. The lowest BCUT2D eigenvalue weighted by Crippen LogP contribution is -2.44. The highest BCUT2D eigenvalue weighted by atomic mass is 19.1. The monoisotopic (exact) mass is 493 g/mol. The fraction of sp³-hybridized carbons (Fsp3) is 0.643. The van der Waals surface area contributed by atoms with Crippen LogP contribution in [-0.4, -0.2) is 46.8 Å². The Kier molecular flexibility index (Phi) is 13.8. The number of aromatic amines is 1. The van der Waals surface area contributed by atoms with Gasteiger partial charge in [-0.1, -0.05) is 40.7 Å². The number of H-pyrrole nitrogens is 1. The lowest BCUT2D eigenvalue weighted by atomic mass is 9.81. The molecular formula is C28H45F2N3O2. The van der Waals surface area contributed by atoms with E-state index >= 15 is 0 Å². The Morgan fingerprint density at radius 3 is 2.29 bits per heavy atom. The van der Waals surface area contributed by atoms with E-state index in [1.807, 2.05) is 33.8 Å². The summed E-state index contributed by atoms with van der Waals surface area (Å²) in [6.45, 7) is 13.7. The summed E-state index contributed by atoms with van der Waals surface area (Å²) in [6, 6.07) is 4.66. The summed E-state index contributed by atoms with van der Waals surface area (Å²) in [7, 11) is 1.80. The van der Waals surface area contributed by atoms with Crippen molar-refractivity contribution in [3.05, 3.63) is 52.9 Å². The van der Waals surface area contributed by atoms with Crippen LogP contribution in [0.25, 0.3) is 0 Å². The van der Waals surface area contributed by atoms with E-state index in [0.29, 0.717) is 25.0 Å². The van der Waals surface area contributed by atoms with Crippen molar-refractivity contribution in [2.75, 3.05) is 13.7 Å². The van der Waals surface area contributed by atoms with Gasteiger partial charge in [0.2, 0.25) is 5.91 Å². The topological polar surface area (TPSA) is 58.2 Å². The number of aromatic nitrogens is 2. The Morgan fingerprint density at radius 1 is 1.14 bits per heavy atom. The van der Waals surface area contributed by atoms with Gasteiger partial charge < -0.3 is 9.64 Å². The molecule has 0 spiro atoms. The minimum atomic E-state index is -0.457. The number of nitrogens with zero attached hydrogens (tertiary/aromatic N) is 2. The van der Waals surface area contributed by atoms with E-state index in [1.54, 1.807) is 32.0 Å². The molecule has 0 aliphatic heterocycles. The van der Waals surface area contributed by atoms with Gasteiger partial charge in [0.05, 0.1) is 18.8 Å². The van der Waals surface area contributed by atoms with Crippen molar-refractivity contribution >= 4 is 5.91 Å². The molecule has 1 aliphatic rings. The van der Waals surface area contributed by atoms with Gasteiger partial charge in [-0.25, -0.2) is 8.78 Å². The Balaban J connectivity index is 0.00000145. The summed E-state index contributed by atoms with van der Waals surface area (Å²) in [6.07, 6.45) is 5.44. The number of aryl methyl sites for hydroxylation is 1. The molecule has 2 atom stereocenters. The van der Waals surface area contributed by atoms with Crippen LogP contribution >= 0.6 is 0 Å². The molecule has 3 rings (SSSR count). The molecular weight excluding hydrogens is 448 g/mol. The highest BCUT2D eigenvalue weighted by Gasteiger charge is 2.32. The average Bonchev–Trinajstić information content (AvgIpc) is 3.41. The molecule has 1 aliphatic carbocycles. The highest BCUT2D eigenvalue weighted by molar-refractivity contribution is 5.73. The van der Waals surface area contributed by atoms with Crippen molar-refractivity contribution in [2.45, 2.75) is 105 Å². The van der Waals surface area contributed by atoms with Crippen LogP contribution in [0, 0.1) is 18.6 Å². The molecule has 1 aromatic heterocycles. The third-order valence-electron chi connectivity index (χ3n) is 6.72.